The van der Waals surface area contributed by atoms with E-state index >= 15 is 0 Å². The van der Waals surface area contributed by atoms with Crippen LogP contribution in [-0.2, 0) is 6.42 Å². The molecule has 0 fully saturated rings. The highest BCUT2D eigenvalue weighted by Crippen LogP contribution is 2.21. The van der Waals surface area contributed by atoms with E-state index in [1.807, 2.05) is 6.07 Å². The van der Waals surface area contributed by atoms with E-state index in [1.165, 1.54) is 0 Å². The maximum atomic E-state index is 13.5. The Bertz CT molecular complexity index is 404. The molecule has 0 amide bonds. The summed E-state index contributed by atoms with van der Waals surface area (Å²) >= 11 is 5.73. The highest BCUT2D eigenvalue weighted by molar-refractivity contribution is 6.30. The maximum absolute atomic E-state index is 13.5. The van der Waals surface area contributed by atoms with Crippen LogP contribution in [-0.4, -0.2) is 13.1 Å². The summed E-state index contributed by atoms with van der Waals surface area (Å²) < 4.78 is 13.5. The molecule has 1 aromatic carbocycles. The first-order chi connectivity index (χ1) is 9.38. The predicted molar refractivity (Wildman–Crippen MR) is 85.8 cm³/mol. The van der Waals surface area contributed by atoms with Crippen molar-refractivity contribution in [2.75, 3.05) is 13.1 Å². The van der Waals surface area contributed by atoms with Gasteiger partial charge in [0.25, 0.3) is 0 Å². The summed E-state index contributed by atoms with van der Waals surface area (Å²) in [6.07, 6.45) is 2.05. The Morgan fingerprint density at radius 1 is 1.10 bits per heavy atom. The number of halogens is 2. The third-order valence-electron chi connectivity index (χ3n) is 3.30. The van der Waals surface area contributed by atoms with E-state index in [9.17, 15) is 4.39 Å². The molecule has 0 bridgehead atoms. The van der Waals surface area contributed by atoms with Crippen molar-refractivity contribution < 1.29 is 4.39 Å². The van der Waals surface area contributed by atoms with E-state index in [2.05, 4.69) is 33.0 Å². The summed E-state index contributed by atoms with van der Waals surface area (Å²) in [5, 5.41) is 3.72. The van der Waals surface area contributed by atoms with Crippen LogP contribution in [0.25, 0.3) is 0 Å². The molecule has 1 rings (SSSR count). The van der Waals surface area contributed by atoms with Crippen molar-refractivity contribution >= 4 is 11.6 Å². The summed E-state index contributed by atoms with van der Waals surface area (Å²) in [5.41, 5.74) is 1.03. The van der Waals surface area contributed by atoms with E-state index in [1.54, 1.807) is 12.1 Å². The number of benzene rings is 1. The van der Waals surface area contributed by atoms with Crippen LogP contribution in [0.1, 0.15) is 39.7 Å². The Morgan fingerprint density at radius 3 is 2.35 bits per heavy atom. The van der Waals surface area contributed by atoms with Gasteiger partial charge in [-0.15, -0.1) is 0 Å². The van der Waals surface area contributed by atoms with Gasteiger partial charge in [-0.2, -0.15) is 0 Å². The SMILES string of the molecule is CC(C)CNCC(Cc1ccc(Cl)c(F)c1)CC(C)C. The molecule has 0 aromatic heterocycles. The second-order valence-electron chi connectivity index (χ2n) is 6.50. The second kappa shape index (κ2) is 8.63. The molecule has 20 heavy (non-hydrogen) atoms. The van der Waals surface area contributed by atoms with Crippen LogP contribution in [0.2, 0.25) is 5.02 Å². The van der Waals surface area contributed by atoms with E-state index in [-0.39, 0.29) is 10.8 Å². The highest BCUT2D eigenvalue weighted by Gasteiger charge is 2.13. The van der Waals surface area contributed by atoms with Gasteiger partial charge in [0.1, 0.15) is 5.82 Å². The summed E-state index contributed by atoms with van der Waals surface area (Å²) in [6, 6.07) is 5.15. The van der Waals surface area contributed by atoms with Crippen LogP contribution in [0.15, 0.2) is 18.2 Å². The van der Waals surface area contributed by atoms with Crippen LogP contribution < -0.4 is 5.32 Å². The summed E-state index contributed by atoms with van der Waals surface area (Å²) in [7, 11) is 0. The molecule has 0 saturated heterocycles. The van der Waals surface area contributed by atoms with E-state index in [0.717, 1.165) is 31.5 Å². The lowest BCUT2D eigenvalue weighted by Gasteiger charge is -2.20. The number of nitrogens with one attached hydrogen (secondary N) is 1. The Kier molecular flexibility index (Phi) is 7.53. The van der Waals surface area contributed by atoms with E-state index in [4.69, 9.17) is 11.6 Å². The molecule has 0 aliphatic carbocycles. The van der Waals surface area contributed by atoms with E-state index in [0.29, 0.717) is 17.8 Å². The summed E-state index contributed by atoms with van der Waals surface area (Å²) in [5.74, 6) is 1.53. The van der Waals surface area contributed by atoms with Gasteiger partial charge in [0.15, 0.2) is 0 Å². The van der Waals surface area contributed by atoms with Crippen molar-refractivity contribution in [1.82, 2.24) is 5.32 Å². The monoisotopic (exact) mass is 299 g/mol. The molecule has 1 nitrogen and oxygen atoms in total. The maximum Gasteiger partial charge on any atom is 0.142 e. The third kappa shape index (κ3) is 6.71. The predicted octanol–water partition coefficient (Wildman–Crippen LogP) is 4.93. The van der Waals surface area contributed by atoms with Gasteiger partial charge >= 0.3 is 0 Å². The molecule has 0 radical (unpaired) electrons. The van der Waals surface area contributed by atoms with Crippen molar-refractivity contribution in [3.8, 4) is 0 Å². The lowest BCUT2D eigenvalue weighted by Crippen LogP contribution is -2.28. The fraction of sp³-hybridized carbons (Fsp3) is 0.647. The van der Waals surface area contributed by atoms with Gasteiger partial charge in [0, 0.05) is 0 Å². The molecular formula is C17H27ClFN. The number of hydrogen-bond acceptors (Lipinski definition) is 1. The quantitative estimate of drug-likeness (QED) is 0.717. The molecule has 114 valence electrons. The van der Waals surface area contributed by atoms with Gasteiger partial charge in [0.05, 0.1) is 5.02 Å². The first-order valence-electron chi connectivity index (χ1n) is 7.53. The normalized spacial score (nSPS) is 13.2. The van der Waals surface area contributed by atoms with Gasteiger partial charge in [-0.05, 0) is 61.4 Å². The Balaban J connectivity index is 2.60. The fourth-order valence-corrected chi connectivity index (χ4v) is 2.60. The van der Waals surface area contributed by atoms with Crippen LogP contribution in [0.4, 0.5) is 4.39 Å². The van der Waals surface area contributed by atoms with Gasteiger partial charge in [-0.3, -0.25) is 0 Å². The zero-order chi connectivity index (χ0) is 15.1. The van der Waals surface area contributed by atoms with Crippen molar-refractivity contribution in [3.05, 3.63) is 34.6 Å². The summed E-state index contributed by atoms with van der Waals surface area (Å²) in [6.45, 7) is 10.9. The van der Waals surface area contributed by atoms with Crippen LogP contribution in [0, 0.1) is 23.6 Å². The molecule has 0 saturated carbocycles. The fourth-order valence-electron chi connectivity index (χ4n) is 2.48. The smallest absolute Gasteiger partial charge is 0.142 e. The zero-order valence-corrected chi connectivity index (χ0v) is 13.8. The number of hydrogen-bond donors (Lipinski definition) is 1. The molecule has 3 heteroatoms. The molecular weight excluding hydrogens is 273 g/mol. The zero-order valence-electron chi connectivity index (χ0n) is 13.0. The topological polar surface area (TPSA) is 12.0 Å². The van der Waals surface area contributed by atoms with Crippen LogP contribution >= 0.6 is 11.6 Å². The van der Waals surface area contributed by atoms with Crippen molar-refractivity contribution in [3.63, 3.8) is 0 Å². The Morgan fingerprint density at radius 2 is 1.80 bits per heavy atom. The molecule has 1 unspecified atom stereocenters. The van der Waals surface area contributed by atoms with Gasteiger partial charge < -0.3 is 5.32 Å². The lowest BCUT2D eigenvalue weighted by molar-refractivity contribution is 0.376. The minimum absolute atomic E-state index is 0.201. The standard InChI is InChI=1S/C17H27ClFN/c1-12(2)7-15(11-20-10-13(3)4)8-14-5-6-16(18)17(19)9-14/h5-6,9,12-13,15,20H,7-8,10-11H2,1-4H3. The minimum Gasteiger partial charge on any atom is -0.316 e. The van der Waals surface area contributed by atoms with Crippen molar-refractivity contribution in [2.24, 2.45) is 17.8 Å². The first-order valence-corrected chi connectivity index (χ1v) is 7.91. The second-order valence-corrected chi connectivity index (χ2v) is 6.91. The lowest BCUT2D eigenvalue weighted by atomic mass is 9.90. The molecule has 0 spiro atoms. The average Bonchev–Trinajstić information content (AvgIpc) is 2.32. The molecule has 0 heterocycles. The van der Waals surface area contributed by atoms with Gasteiger partial charge in [-0.25, -0.2) is 4.39 Å². The largest absolute Gasteiger partial charge is 0.316 e. The van der Waals surface area contributed by atoms with Crippen LogP contribution in [0.5, 0.6) is 0 Å². The summed E-state index contributed by atoms with van der Waals surface area (Å²) in [4.78, 5) is 0. The van der Waals surface area contributed by atoms with E-state index < -0.39 is 0 Å². The molecule has 0 aliphatic heterocycles. The molecule has 1 aromatic rings. The van der Waals surface area contributed by atoms with Crippen molar-refractivity contribution in [1.29, 1.82) is 0 Å². The van der Waals surface area contributed by atoms with Gasteiger partial charge in [0.2, 0.25) is 0 Å². The minimum atomic E-state index is -0.317. The molecule has 1 atom stereocenters. The van der Waals surface area contributed by atoms with Gasteiger partial charge in [-0.1, -0.05) is 45.4 Å². The number of rotatable bonds is 8. The molecule has 0 aliphatic rings. The molecule has 1 N–H and O–H groups in total. The third-order valence-corrected chi connectivity index (χ3v) is 3.61. The highest BCUT2D eigenvalue weighted by atomic mass is 35.5. The Hall–Kier alpha value is -0.600. The van der Waals surface area contributed by atoms with Crippen LogP contribution in [0.3, 0.4) is 0 Å². The average molecular weight is 300 g/mol. The first kappa shape index (κ1) is 17.5. The van der Waals surface area contributed by atoms with Crippen molar-refractivity contribution in [2.45, 2.75) is 40.5 Å². The Labute approximate surface area is 127 Å².